The van der Waals surface area contributed by atoms with Gasteiger partial charge < -0.3 is 20.7 Å². The monoisotopic (exact) mass is 363 g/mol. The van der Waals surface area contributed by atoms with Crippen molar-refractivity contribution in [1.29, 1.82) is 0 Å². The van der Waals surface area contributed by atoms with E-state index in [1.165, 1.54) is 18.3 Å². The molecule has 2 heterocycles. The van der Waals surface area contributed by atoms with E-state index in [-0.39, 0.29) is 35.8 Å². The van der Waals surface area contributed by atoms with E-state index in [2.05, 4.69) is 15.6 Å². The number of aliphatic hydroxyl groups excluding tert-OH is 1. The topological polar surface area (TPSA) is 94.2 Å². The average Bonchev–Trinajstić information content (AvgIpc) is 2.85. The van der Waals surface area contributed by atoms with Crippen molar-refractivity contribution in [2.75, 3.05) is 13.1 Å². The van der Waals surface area contributed by atoms with Crippen LogP contribution >= 0.6 is 24.8 Å². The number of hydrogen-bond acceptors (Lipinski definition) is 4. The summed E-state index contributed by atoms with van der Waals surface area (Å²) in [5.74, 6) is -1.13. The molecule has 4 N–H and O–H groups in total. The molecule has 0 spiro atoms. The van der Waals surface area contributed by atoms with E-state index in [0.717, 1.165) is 6.07 Å². The first-order valence-corrected chi connectivity index (χ1v) is 6.57. The van der Waals surface area contributed by atoms with Gasteiger partial charge in [0.1, 0.15) is 11.4 Å². The zero-order chi connectivity index (χ0) is 15.0. The molecule has 0 radical (unpaired) electrons. The summed E-state index contributed by atoms with van der Waals surface area (Å²) in [7, 11) is 0. The number of benzene rings is 1. The Morgan fingerprint density at radius 1 is 1.30 bits per heavy atom. The number of pyridine rings is 1. The van der Waals surface area contributed by atoms with E-state index in [9.17, 15) is 19.1 Å². The minimum atomic E-state index is -0.689. The predicted molar refractivity (Wildman–Crippen MR) is 89.2 cm³/mol. The number of aromatic nitrogens is 1. The predicted octanol–water partition coefficient (Wildman–Crippen LogP) is 0.573. The van der Waals surface area contributed by atoms with Gasteiger partial charge in [0.05, 0.1) is 12.1 Å². The van der Waals surface area contributed by atoms with Crippen molar-refractivity contribution < 1.29 is 14.3 Å². The highest BCUT2D eigenvalue weighted by molar-refractivity contribution is 5.97. The van der Waals surface area contributed by atoms with Crippen LogP contribution in [0, 0.1) is 5.82 Å². The fraction of sp³-hybridized carbons (Fsp3) is 0.286. The van der Waals surface area contributed by atoms with Gasteiger partial charge in [-0.15, -0.1) is 24.8 Å². The van der Waals surface area contributed by atoms with Crippen LogP contribution in [-0.4, -0.2) is 41.2 Å². The van der Waals surface area contributed by atoms with E-state index >= 15 is 0 Å². The average molecular weight is 364 g/mol. The summed E-state index contributed by atoms with van der Waals surface area (Å²) in [6.45, 7) is 0.831. The molecule has 0 saturated carbocycles. The maximum atomic E-state index is 13.2. The molecular formula is C14H16Cl2FN3O3. The second kappa shape index (κ2) is 7.74. The van der Waals surface area contributed by atoms with E-state index in [4.69, 9.17) is 0 Å². The van der Waals surface area contributed by atoms with Crippen LogP contribution in [0.1, 0.15) is 10.4 Å². The van der Waals surface area contributed by atoms with E-state index in [1.54, 1.807) is 0 Å². The zero-order valence-corrected chi connectivity index (χ0v) is 13.5. The van der Waals surface area contributed by atoms with Gasteiger partial charge in [-0.3, -0.25) is 9.59 Å². The number of halogens is 3. The first-order chi connectivity index (χ1) is 10.1. The number of aromatic amines is 1. The molecule has 23 heavy (non-hydrogen) atoms. The molecule has 9 heteroatoms. The van der Waals surface area contributed by atoms with Gasteiger partial charge in [-0.2, -0.15) is 0 Å². The molecule has 6 nitrogen and oxygen atoms in total. The number of nitrogens with one attached hydrogen (secondary N) is 3. The lowest BCUT2D eigenvalue weighted by atomic mass is 10.1. The lowest BCUT2D eigenvalue weighted by Crippen LogP contribution is -2.44. The highest BCUT2D eigenvalue weighted by Gasteiger charge is 2.27. The number of carbonyl (C=O) groups excluding carboxylic acids is 1. The first-order valence-electron chi connectivity index (χ1n) is 6.57. The molecule has 126 valence electrons. The number of hydrogen-bond donors (Lipinski definition) is 4. The third kappa shape index (κ3) is 3.81. The largest absolute Gasteiger partial charge is 0.390 e. The molecule has 1 aliphatic heterocycles. The van der Waals surface area contributed by atoms with Crippen molar-refractivity contribution in [2.24, 2.45) is 0 Å². The normalized spacial score (nSPS) is 19.7. The summed E-state index contributed by atoms with van der Waals surface area (Å²) in [4.78, 5) is 27.2. The first kappa shape index (κ1) is 19.4. The van der Waals surface area contributed by atoms with Crippen LogP contribution in [0.4, 0.5) is 4.39 Å². The Balaban J connectivity index is 0.00000132. The fourth-order valence-corrected chi connectivity index (χ4v) is 2.42. The molecule has 1 aromatic heterocycles. The van der Waals surface area contributed by atoms with E-state index < -0.39 is 29.3 Å². The Morgan fingerprint density at radius 3 is 2.70 bits per heavy atom. The Bertz CT molecular complexity index is 769. The smallest absolute Gasteiger partial charge is 0.257 e. The lowest BCUT2D eigenvalue weighted by molar-refractivity contribution is 0.0887. The van der Waals surface area contributed by atoms with Crippen LogP contribution < -0.4 is 16.1 Å². The van der Waals surface area contributed by atoms with Crippen molar-refractivity contribution in [2.45, 2.75) is 12.1 Å². The fourth-order valence-electron chi connectivity index (χ4n) is 2.42. The third-order valence-corrected chi connectivity index (χ3v) is 3.59. The molecule has 2 aromatic rings. The summed E-state index contributed by atoms with van der Waals surface area (Å²) in [5.41, 5.74) is -0.186. The maximum absolute atomic E-state index is 13.2. The van der Waals surface area contributed by atoms with Gasteiger partial charge >= 0.3 is 0 Å². The molecule has 1 saturated heterocycles. The van der Waals surface area contributed by atoms with Crippen LogP contribution in [0.15, 0.2) is 29.2 Å². The van der Waals surface area contributed by atoms with Crippen molar-refractivity contribution in [3.8, 4) is 0 Å². The SMILES string of the molecule is Cl.Cl.O=C(N[C@@H]1CNC[C@H]1O)c1c[nH]c2ccc(F)cc2c1=O. The standard InChI is InChI=1S/C14H14FN3O3.2ClH/c15-7-1-2-10-8(3-7)13(20)9(4-17-10)14(21)18-11-5-16-6-12(11)19;;/h1-4,11-12,16,19H,5-6H2,(H,17,20)(H,18,21);2*1H/t11-,12-;;/m1../s1. The van der Waals surface area contributed by atoms with Gasteiger partial charge in [0.25, 0.3) is 5.91 Å². The van der Waals surface area contributed by atoms with Crippen LogP contribution in [0.5, 0.6) is 0 Å². The number of β-amino-alcohol motifs (C(OH)–C–C–N with tert-alkyl or cyclic N) is 1. The summed E-state index contributed by atoms with van der Waals surface area (Å²) in [6, 6.07) is 3.33. The molecule has 1 fully saturated rings. The van der Waals surface area contributed by atoms with Gasteiger partial charge in [0.15, 0.2) is 0 Å². The number of amides is 1. The van der Waals surface area contributed by atoms with Crippen molar-refractivity contribution in [1.82, 2.24) is 15.6 Å². The minimum Gasteiger partial charge on any atom is -0.390 e. The maximum Gasteiger partial charge on any atom is 0.257 e. The van der Waals surface area contributed by atoms with Crippen LogP contribution in [0.3, 0.4) is 0 Å². The zero-order valence-electron chi connectivity index (χ0n) is 11.8. The number of H-pyrrole nitrogens is 1. The van der Waals surface area contributed by atoms with Crippen molar-refractivity contribution in [3.05, 3.63) is 46.0 Å². The lowest BCUT2D eigenvalue weighted by Gasteiger charge is -2.15. The third-order valence-electron chi connectivity index (χ3n) is 3.59. The number of rotatable bonds is 2. The van der Waals surface area contributed by atoms with E-state index in [1.807, 2.05) is 0 Å². The van der Waals surface area contributed by atoms with Gasteiger partial charge in [0.2, 0.25) is 5.43 Å². The van der Waals surface area contributed by atoms with Gasteiger partial charge in [-0.1, -0.05) is 0 Å². The molecule has 1 aromatic carbocycles. The summed E-state index contributed by atoms with van der Waals surface area (Å²) in [6.07, 6.45) is 0.609. The number of aliphatic hydroxyl groups is 1. The van der Waals surface area contributed by atoms with Gasteiger partial charge in [-0.25, -0.2) is 4.39 Å². The Morgan fingerprint density at radius 2 is 2.04 bits per heavy atom. The van der Waals surface area contributed by atoms with Crippen molar-refractivity contribution in [3.63, 3.8) is 0 Å². The van der Waals surface area contributed by atoms with Crippen molar-refractivity contribution >= 4 is 41.6 Å². The Kier molecular flexibility index (Phi) is 6.52. The summed E-state index contributed by atoms with van der Waals surface area (Å²) < 4.78 is 13.2. The molecule has 0 aliphatic carbocycles. The molecule has 1 amide bonds. The number of carbonyl (C=O) groups is 1. The highest BCUT2D eigenvalue weighted by Crippen LogP contribution is 2.10. The number of fused-ring (bicyclic) bond motifs is 1. The highest BCUT2D eigenvalue weighted by atomic mass is 35.5. The van der Waals surface area contributed by atoms with Gasteiger partial charge in [-0.05, 0) is 18.2 Å². The molecular weight excluding hydrogens is 348 g/mol. The molecule has 3 rings (SSSR count). The second-order valence-electron chi connectivity index (χ2n) is 5.03. The summed E-state index contributed by atoms with van der Waals surface area (Å²) in [5, 5.41) is 15.3. The van der Waals surface area contributed by atoms with Crippen LogP contribution in [0.2, 0.25) is 0 Å². The summed E-state index contributed by atoms with van der Waals surface area (Å²) >= 11 is 0. The quantitative estimate of drug-likeness (QED) is 0.627. The van der Waals surface area contributed by atoms with Crippen LogP contribution in [0.25, 0.3) is 10.9 Å². The van der Waals surface area contributed by atoms with E-state index in [0.29, 0.717) is 18.6 Å². The van der Waals surface area contributed by atoms with Crippen LogP contribution in [-0.2, 0) is 0 Å². The molecule has 1 aliphatic rings. The Labute approximate surface area is 143 Å². The molecule has 0 bridgehead atoms. The van der Waals surface area contributed by atoms with Gasteiger partial charge in [0, 0.05) is 30.2 Å². The molecule has 0 unspecified atom stereocenters. The minimum absolute atomic E-state index is 0. The second-order valence-corrected chi connectivity index (χ2v) is 5.03. The Hall–Kier alpha value is -1.67. The molecule has 2 atom stereocenters.